The number of alkyl halides is 3. The molecule has 2 rings (SSSR count). The van der Waals surface area contributed by atoms with Gasteiger partial charge < -0.3 is 10.0 Å². The zero-order valence-corrected chi connectivity index (χ0v) is 12.3. The number of amides is 1. The van der Waals surface area contributed by atoms with E-state index in [2.05, 4.69) is 0 Å². The predicted octanol–water partition coefficient (Wildman–Crippen LogP) is 2.58. The van der Waals surface area contributed by atoms with Gasteiger partial charge in [0.2, 0.25) is 5.91 Å². The van der Waals surface area contributed by atoms with Crippen LogP contribution in [0.25, 0.3) is 0 Å². The number of halogens is 3. The standard InChI is InChI=1S/C14H22F3NO2/c1-11(2)9(12(11,3)4)10(19)18-7-5-13(20,6-8-18)14(15,16)17/h9,20H,5-8H2,1-4H3. The third kappa shape index (κ3) is 2.03. The molecule has 0 bridgehead atoms. The van der Waals surface area contributed by atoms with E-state index >= 15 is 0 Å². The Bertz CT molecular complexity index is 407. The second-order valence-electron chi connectivity index (χ2n) is 7.23. The second-order valence-corrected chi connectivity index (χ2v) is 7.23. The summed E-state index contributed by atoms with van der Waals surface area (Å²) in [5, 5.41) is 9.60. The van der Waals surface area contributed by atoms with Gasteiger partial charge in [0.25, 0.3) is 0 Å². The summed E-state index contributed by atoms with van der Waals surface area (Å²) < 4.78 is 38.2. The molecule has 0 atom stereocenters. The summed E-state index contributed by atoms with van der Waals surface area (Å²) in [6.45, 7) is 7.96. The van der Waals surface area contributed by atoms with Crippen LogP contribution >= 0.6 is 0 Å². The van der Waals surface area contributed by atoms with Gasteiger partial charge in [-0.3, -0.25) is 4.79 Å². The van der Waals surface area contributed by atoms with E-state index < -0.39 is 24.6 Å². The van der Waals surface area contributed by atoms with Crippen LogP contribution in [0.3, 0.4) is 0 Å². The average Bonchev–Trinajstić information content (AvgIpc) is 2.68. The van der Waals surface area contributed by atoms with Crippen molar-refractivity contribution in [3.05, 3.63) is 0 Å². The maximum atomic E-state index is 12.7. The maximum absolute atomic E-state index is 12.7. The molecule has 2 fully saturated rings. The highest BCUT2D eigenvalue weighted by molar-refractivity contribution is 5.84. The molecule has 0 aromatic rings. The third-order valence-electron chi connectivity index (χ3n) is 5.70. The van der Waals surface area contributed by atoms with Crippen molar-refractivity contribution in [2.75, 3.05) is 13.1 Å². The molecule has 1 heterocycles. The fraction of sp³-hybridized carbons (Fsp3) is 0.929. The van der Waals surface area contributed by atoms with E-state index in [-0.39, 0.29) is 35.7 Å². The molecule has 116 valence electrons. The highest BCUT2D eigenvalue weighted by atomic mass is 19.4. The molecule has 1 amide bonds. The van der Waals surface area contributed by atoms with Crippen LogP contribution < -0.4 is 0 Å². The Morgan fingerprint density at radius 1 is 1.10 bits per heavy atom. The number of rotatable bonds is 1. The van der Waals surface area contributed by atoms with Crippen molar-refractivity contribution in [1.82, 2.24) is 4.90 Å². The van der Waals surface area contributed by atoms with Crippen LogP contribution in [0.1, 0.15) is 40.5 Å². The molecule has 0 aromatic heterocycles. The predicted molar refractivity (Wildman–Crippen MR) is 67.9 cm³/mol. The Morgan fingerprint density at radius 2 is 1.50 bits per heavy atom. The van der Waals surface area contributed by atoms with E-state index in [0.29, 0.717) is 0 Å². The van der Waals surface area contributed by atoms with Crippen LogP contribution in [0.5, 0.6) is 0 Å². The van der Waals surface area contributed by atoms with Gasteiger partial charge in [0, 0.05) is 31.8 Å². The average molecular weight is 293 g/mol. The number of carbonyl (C=O) groups excluding carboxylic acids is 1. The van der Waals surface area contributed by atoms with E-state index in [9.17, 15) is 23.1 Å². The molecule has 1 saturated carbocycles. The SMILES string of the molecule is CC1(C)C(C(=O)N2CCC(O)(C(F)(F)F)CC2)C1(C)C. The molecule has 2 aliphatic rings. The lowest BCUT2D eigenvalue weighted by Crippen LogP contribution is -2.54. The summed E-state index contributed by atoms with van der Waals surface area (Å²) in [4.78, 5) is 13.9. The van der Waals surface area contributed by atoms with Crippen LogP contribution in [0.4, 0.5) is 13.2 Å². The van der Waals surface area contributed by atoms with Gasteiger partial charge in [-0.15, -0.1) is 0 Å². The quantitative estimate of drug-likeness (QED) is 0.807. The van der Waals surface area contributed by atoms with Crippen LogP contribution in [0, 0.1) is 16.7 Å². The summed E-state index contributed by atoms with van der Waals surface area (Å²) in [6.07, 6.45) is -5.49. The van der Waals surface area contributed by atoms with Gasteiger partial charge in [-0.2, -0.15) is 13.2 Å². The largest absolute Gasteiger partial charge is 0.417 e. The summed E-state index contributed by atoms with van der Waals surface area (Å²) in [5.74, 6) is -0.226. The van der Waals surface area contributed by atoms with Gasteiger partial charge in [0.15, 0.2) is 5.60 Å². The molecule has 1 N–H and O–H groups in total. The number of likely N-dealkylation sites (tertiary alicyclic amines) is 1. The first kappa shape index (κ1) is 15.6. The van der Waals surface area contributed by atoms with E-state index in [1.165, 1.54) is 4.90 Å². The zero-order chi connectivity index (χ0) is 15.6. The van der Waals surface area contributed by atoms with Crippen molar-refractivity contribution >= 4 is 5.91 Å². The van der Waals surface area contributed by atoms with Crippen LogP contribution in [0.2, 0.25) is 0 Å². The normalized spacial score (nSPS) is 28.3. The molecule has 3 nitrogen and oxygen atoms in total. The monoisotopic (exact) mass is 293 g/mol. The van der Waals surface area contributed by atoms with Crippen molar-refractivity contribution in [2.45, 2.75) is 52.3 Å². The number of piperidine rings is 1. The summed E-state index contributed by atoms with van der Waals surface area (Å²) in [5.41, 5.74) is -2.89. The van der Waals surface area contributed by atoms with E-state index in [1.54, 1.807) is 0 Å². The Labute approximate surface area is 117 Å². The molecule has 0 aromatic carbocycles. The Morgan fingerprint density at radius 3 is 1.80 bits per heavy atom. The molecule has 1 aliphatic heterocycles. The molecule has 0 unspecified atom stereocenters. The molecule has 6 heteroatoms. The number of hydrogen-bond acceptors (Lipinski definition) is 2. The molecule has 0 radical (unpaired) electrons. The van der Waals surface area contributed by atoms with E-state index in [4.69, 9.17) is 0 Å². The Balaban J connectivity index is 2.01. The van der Waals surface area contributed by atoms with Crippen molar-refractivity contribution in [3.63, 3.8) is 0 Å². The first-order valence-electron chi connectivity index (χ1n) is 6.92. The topological polar surface area (TPSA) is 40.5 Å². The molecule has 20 heavy (non-hydrogen) atoms. The zero-order valence-electron chi connectivity index (χ0n) is 12.3. The third-order valence-corrected chi connectivity index (χ3v) is 5.70. The number of hydrogen-bond donors (Lipinski definition) is 1. The molecule has 0 spiro atoms. The Hall–Kier alpha value is -0.780. The van der Waals surface area contributed by atoms with E-state index in [1.807, 2.05) is 27.7 Å². The first-order chi connectivity index (χ1) is 8.84. The van der Waals surface area contributed by atoms with Crippen molar-refractivity contribution in [1.29, 1.82) is 0 Å². The Kier molecular flexibility index (Phi) is 3.21. The van der Waals surface area contributed by atoms with Gasteiger partial charge in [-0.05, 0) is 10.8 Å². The highest BCUT2D eigenvalue weighted by Gasteiger charge is 2.69. The smallest absolute Gasteiger partial charge is 0.380 e. The first-order valence-corrected chi connectivity index (χ1v) is 6.92. The van der Waals surface area contributed by atoms with Crippen molar-refractivity contribution < 1.29 is 23.1 Å². The molecule has 1 aliphatic carbocycles. The van der Waals surface area contributed by atoms with Gasteiger partial charge in [-0.1, -0.05) is 27.7 Å². The van der Waals surface area contributed by atoms with Crippen molar-refractivity contribution in [2.24, 2.45) is 16.7 Å². The van der Waals surface area contributed by atoms with Crippen LogP contribution in [-0.2, 0) is 4.79 Å². The minimum atomic E-state index is -4.62. The van der Waals surface area contributed by atoms with Gasteiger partial charge in [0.05, 0.1) is 0 Å². The lowest BCUT2D eigenvalue weighted by Gasteiger charge is -2.39. The summed E-state index contributed by atoms with van der Waals surface area (Å²) in [7, 11) is 0. The number of nitrogens with zero attached hydrogens (tertiary/aromatic N) is 1. The van der Waals surface area contributed by atoms with Crippen molar-refractivity contribution in [3.8, 4) is 0 Å². The summed E-state index contributed by atoms with van der Waals surface area (Å²) in [6, 6.07) is 0. The van der Waals surface area contributed by atoms with Crippen LogP contribution in [0.15, 0.2) is 0 Å². The number of aliphatic hydroxyl groups is 1. The lowest BCUT2D eigenvalue weighted by atomic mass is 9.90. The minimum absolute atomic E-state index is 0.0303. The van der Waals surface area contributed by atoms with Gasteiger partial charge in [-0.25, -0.2) is 0 Å². The van der Waals surface area contributed by atoms with Crippen LogP contribution in [-0.4, -0.2) is 40.8 Å². The fourth-order valence-electron chi connectivity index (χ4n) is 3.38. The fourth-order valence-corrected chi connectivity index (χ4v) is 3.38. The lowest BCUT2D eigenvalue weighted by molar-refractivity contribution is -0.272. The van der Waals surface area contributed by atoms with E-state index in [0.717, 1.165) is 0 Å². The van der Waals surface area contributed by atoms with Gasteiger partial charge >= 0.3 is 6.18 Å². The molecular weight excluding hydrogens is 271 g/mol. The molecular formula is C14H22F3NO2. The minimum Gasteiger partial charge on any atom is -0.380 e. The summed E-state index contributed by atoms with van der Waals surface area (Å²) >= 11 is 0. The molecule has 1 saturated heterocycles. The highest BCUT2D eigenvalue weighted by Crippen LogP contribution is 2.68. The second kappa shape index (κ2) is 4.12. The number of carbonyl (C=O) groups is 1. The maximum Gasteiger partial charge on any atom is 0.417 e. The van der Waals surface area contributed by atoms with Gasteiger partial charge in [0.1, 0.15) is 0 Å².